The number of hydrogen-bond donors (Lipinski definition) is 3. The minimum Gasteiger partial charge on any atom is -0.490 e. The summed E-state index contributed by atoms with van der Waals surface area (Å²) >= 11 is 6.06. The molecular weight excluding hydrogens is 426 g/mol. The quantitative estimate of drug-likeness (QED) is 0.452. The minimum absolute atomic E-state index is 0.00484. The van der Waals surface area contributed by atoms with Crippen LogP contribution in [0.25, 0.3) is 11.0 Å². The van der Waals surface area contributed by atoms with Crippen molar-refractivity contribution in [2.75, 3.05) is 6.54 Å². The van der Waals surface area contributed by atoms with Crippen LogP contribution in [0.4, 0.5) is 0 Å². The van der Waals surface area contributed by atoms with Crippen molar-refractivity contribution < 1.29 is 9.53 Å². The van der Waals surface area contributed by atoms with Crippen molar-refractivity contribution >= 4 is 28.5 Å². The molecule has 0 spiro atoms. The lowest BCUT2D eigenvalue weighted by Gasteiger charge is -2.18. The molecule has 1 saturated carbocycles. The first-order valence-corrected chi connectivity index (χ1v) is 11.3. The zero-order valence-corrected chi connectivity index (χ0v) is 18.9. The smallest absolute Gasteiger partial charge is 0.271 e. The summed E-state index contributed by atoms with van der Waals surface area (Å²) in [5.41, 5.74) is 8.89. The molecule has 0 radical (unpaired) electrons. The van der Waals surface area contributed by atoms with Crippen molar-refractivity contribution in [2.24, 2.45) is 5.73 Å². The summed E-state index contributed by atoms with van der Waals surface area (Å²) in [7, 11) is 0. The molecule has 1 fully saturated rings. The van der Waals surface area contributed by atoms with E-state index in [2.05, 4.69) is 10.3 Å². The van der Waals surface area contributed by atoms with E-state index in [0.29, 0.717) is 30.2 Å². The molecular formula is C24H28ClN5O2. The fraction of sp³-hybridized carbons (Fsp3) is 0.375. The molecule has 8 heteroatoms. The van der Waals surface area contributed by atoms with Gasteiger partial charge >= 0.3 is 0 Å². The molecule has 4 N–H and O–H groups in total. The van der Waals surface area contributed by atoms with Gasteiger partial charge in [0.05, 0.1) is 17.1 Å². The van der Waals surface area contributed by atoms with Crippen molar-refractivity contribution in [3.05, 3.63) is 63.7 Å². The van der Waals surface area contributed by atoms with Crippen molar-refractivity contribution in [1.82, 2.24) is 14.9 Å². The van der Waals surface area contributed by atoms with E-state index in [9.17, 15) is 4.79 Å². The number of nitrogens with two attached hydrogens (primary N) is 1. The van der Waals surface area contributed by atoms with Crippen LogP contribution in [0, 0.1) is 12.3 Å². The van der Waals surface area contributed by atoms with E-state index in [1.54, 1.807) is 4.57 Å². The third kappa shape index (κ3) is 4.95. The predicted molar refractivity (Wildman–Crippen MR) is 125 cm³/mol. The number of carbonyl (C=O) groups is 1. The Morgan fingerprint density at radius 1 is 1.31 bits per heavy atom. The molecule has 0 unspecified atom stereocenters. The molecule has 3 aromatic rings. The number of nitrogens with one attached hydrogen (secondary N) is 2. The van der Waals surface area contributed by atoms with Gasteiger partial charge in [0.1, 0.15) is 5.75 Å². The molecule has 1 aliphatic rings. The molecule has 0 saturated heterocycles. The number of amides is 1. The maximum Gasteiger partial charge on any atom is 0.271 e. The zero-order chi connectivity index (χ0) is 22.7. The summed E-state index contributed by atoms with van der Waals surface area (Å²) in [5.74, 6) is 0.0968. The molecule has 1 amide bonds. The first-order chi connectivity index (χ1) is 15.4. The monoisotopic (exact) mass is 453 g/mol. The summed E-state index contributed by atoms with van der Waals surface area (Å²) < 4.78 is 8.03. The Bertz CT molecular complexity index is 1200. The van der Waals surface area contributed by atoms with E-state index in [-0.39, 0.29) is 17.3 Å². The number of ether oxygens (including phenoxy) is 1. The van der Waals surface area contributed by atoms with Gasteiger partial charge in [-0.1, -0.05) is 23.7 Å². The van der Waals surface area contributed by atoms with Crippen LogP contribution in [0.1, 0.15) is 47.3 Å². The first kappa shape index (κ1) is 22.3. The number of nitrogens with zero attached hydrogens (tertiary/aromatic N) is 2. The lowest BCUT2D eigenvalue weighted by Crippen LogP contribution is -2.34. The molecule has 32 heavy (non-hydrogen) atoms. The van der Waals surface area contributed by atoms with E-state index < -0.39 is 5.91 Å². The van der Waals surface area contributed by atoms with E-state index in [1.807, 2.05) is 43.3 Å². The Morgan fingerprint density at radius 3 is 2.81 bits per heavy atom. The molecule has 0 bridgehead atoms. The van der Waals surface area contributed by atoms with Crippen LogP contribution in [-0.4, -0.2) is 28.1 Å². The number of aryl methyl sites for hydroxylation is 1. The first-order valence-electron chi connectivity index (χ1n) is 10.9. The summed E-state index contributed by atoms with van der Waals surface area (Å²) in [6, 6.07) is 11.5. The summed E-state index contributed by atoms with van der Waals surface area (Å²) in [6.07, 6.45) is 4.74. The molecule has 0 aliphatic heterocycles. The number of rotatable bonds is 8. The Morgan fingerprint density at radius 2 is 2.09 bits per heavy atom. The number of aromatic nitrogens is 2. The van der Waals surface area contributed by atoms with E-state index in [4.69, 9.17) is 27.5 Å². The molecule has 4 rings (SSSR count). The third-order valence-corrected chi connectivity index (χ3v) is 6.08. The summed E-state index contributed by atoms with van der Waals surface area (Å²) in [4.78, 5) is 16.3. The van der Waals surface area contributed by atoms with Gasteiger partial charge in [0, 0.05) is 30.7 Å². The fourth-order valence-corrected chi connectivity index (χ4v) is 4.39. The normalized spacial score (nSPS) is 14.2. The van der Waals surface area contributed by atoms with E-state index in [0.717, 1.165) is 35.2 Å². The van der Waals surface area contributed by atoms with Crippen LogP contribution in [-0.2, 0) is 13.1 Å². The van der Waals surface area contributed by atoms with Crippen molar-refractivity contribution in [3.8, 4) is 5.75 Å². The Balaban J connectivity index is 1.62. The lowest BCUT2D eigenvalue weighted by atomic mass is 10.1. The van der Waals surface area contributed by atoms with Gasteiger partial charge in [-0.15, -0.1) is 0 Å². The van der Waals surface area contributed by atoms with E-state index in [1.165, 1.54) is 12.8 Å². The predicted octanol–water partition coefficient (Wildman–Crippen LogP) is 3.69. The fourth-order valence-electron chi connectivity index (χ4n) is 4.18. The van der Waals surface area contributed by atoms with Gasteiger partial charge in [0.15, 0.2) is 11.2 Å². The SMILES string of the molecule is Cc1cc2nc(C(N)=O)c(=N)n(CCNCc3cccc(Cl)c3)c2cc1OC1CCCC1. The Kier molecular flexibility index (Phi) is 6.77. The summed E-state index contributed by atoms with van der Waals surface area (Å²) in [5, 5.41) is 12.6. The number of carbonyl (C=O) groups excluding carboxylic acids is 1. The number of hydrogen-bond acceptors (Lipinski definition) is 5. The van der Waals surface area contributed by atoms with Crippen LogP contribution < -0.4 is 21.3 Å². The maximum absolute atomic E-state index is 11.9. The van der Waals surface area contributed by atoms with Gasteiger partial charge in [-0.2, -0.15) is 0 Å². The van der Waals surface area contributed by atoms with Gasteiger partial charge in [0.2, 0.25) is 0 Å². The van der Waals surface area contributed by atoms with Crippen LogP contribution >= 0.6 is 11.6 Å². The highest BCUT2D eigenvalue weighted by Gasteiger charge is 2.19. The average Bonchev–Trinajstić information content (AvgIpc) is 3.26. The largest absolute Gasteiger partial charge is 0.490 e. The van der Waals surface area contributed by atoms with Crippen LogP contribution in [0.15, 0.2) is 36.4 Å². The van der Waals surface area contributed by atoms with Crippen molar-refractivity contribution in [3.63, 3.8) is 0 Å². The van der Waals surface area contributed by atoms with Gasteiger partial charge in [0.25, 0.3) is 5.91 Å². The van der Waals surface area contributed by atoms with Crippen molar-refractivity contribution in [2.45, 2.75) is 51.8 Å². The number of fused-ring (bicyclic) bond motifs is 1. The van der Waals surface area contributed by atoms with Gasteiger partial charge < -0.3 is 20.4 Å². The lowest BCUT2D eigenvalue weighted by molar-refractivity contribution is 0.0993. The van der Waals surface area contributed by atoms with Gasteiger partial charge in [-0.25, -0.2) is 4.98 Å². The zero-order valence-electron chi connectivity index (χ0n) is 18.2. The number of benzene rings is 2. The minimum atomic E-state index is -0.707. The highest BCUT2D eigenvalue weighted by Crippen LogP contribution is 2.29. The molecule has 7 nitrogen and oxygen atoms in total. The second-order valence-electron chi connectivity index (χ2n) is 8.26. The van der Waals surface area contributed by atoms with Crippen molar-refractivity contribution in [1.29, 1.82) is 5.41 Å². The Labute approximate surface area is 192 Å². The molecule has 0 atom stereocenters. The highest BCUT2D eigenvalue weighted by atomic mass is 35.5. The topological polar surface area (TPSA) is 106 Å². The van der Waals surface area contributed by atoms with Crippen LogP contribution in [0.3, 0.4) is 0 Å². The van der Waals surface area contributed by atoms with Crippen LogP contribution in [0.5, 0.6) is 5.75 Å². The molecule has 2 aromatic carbocycles. The molecule has 1 aromatic heterocycles. The second-order valence-corrected chi connectivity index (χ2v) is 8.70. The second kappa shape index (κ2) is 9.71. The molecule has 1 heterocycles. The highest BCUT2D eigenvalue weighted by molar-refractivity contribution is 6.30. The van der Waals surface area contributed by atoms with E-state index >= 15 is 0 Å². The number of halogens is 1. The van der Waals surface area contributed by atoms with Gasteiger partial charge in [-0.3, -0.25) is 10.2 Å². The van der Waals surface area contributed by atoms with Gasteiger partial charge in [-0.05, 0) is 61.9 Å². The molecule has 1 aliphatic carbocycles. The van der Waals surface area contributed by atoms with Crippen LogP contribution in [0.2, 0.25) is 5.02 Å². The average molecular weight is 454 g/mol. The summed E-state index contributed by atoms with van der Waals surface area (Å²) in [6.45, 7) is 3.69. The number of primary amides is 1. The third-order valence-electron chi connectivity index (χ3n) is 5.85. The maximum atomic E-state index is 11.9. The Hall–Kier alpha value is -2.90. The standard InChI is InChI=1S/C24H28ClN5O2/c1-15-11-19-20(13-21(15)32-18-7-2-3-8-18)30(23(26)22(29-19)24(27)31)10-9-28-14-16-5-4-6-17(25)12-16/h4-6,11-13,18,26,28H,2-3,7-10,14H2,1H3,(H2,27,31). The molecule has 168 valence electrons.